The second-order valence-electron chi connectivity index (χ2n) is 9.84. The molecule has 0 radical (unpaired) electrons. The summed E-state index contributed by atoms with van der Waals surface area (Å²) in [5.41, 5.74) is 3.11. The van der Waals surface area contributed by atoms with Crippen molar-refractivity contribution in [3.63, 3.8) is 0 Å². The highest BCUT2D eigenvalue weighted by molar-refractivity contribution is 7.90. The lowest BCUT2D eigenvalue weighted by atomic mass is 9.97. The molecule has 0 aliphatic heterocycles. The first-order valence-corrected chi connectivity index (χ1v) is 14.7. The van der Waals surface area contributed by atoms with Gasteiger partial charge in [0.25, 0.3) is 0 Å². The molecule has 224 valence electrons. The minimum Gasteiger partial charge on any atom is -0.440 e. The summed E-state index contributed by atoms with van der Waals surface area (Å²) >= 11 is 0. The maximum absolute atomic E-state index is 14.7. The molecule has 0 saturated carbocycles. The van der Waals surface area contributed by atoms with Gasteiger partial charge in [0.2, 0.25) is 0 Å². The van der Waals surface area contributed by atoms with E-state index >= 15 is 0 Å². The molecule has 0 aliphatic rings. The number of alkyl halides is 2. The predicted molar refractivity (Wildman–Crippen MR) is 150 cm³/mol. The highest BCUT2D eigenvalue weighted by atomic mass is 32.2. The average molecular weight is 616 g/mol. The summed E-state index contributed by atoms with van der Waals surface area (Å²) in [4.78, 5) is 8.93. The van der Waals surface area contributed by atoms with E-state index in [1.165, 1.54) is 19.1 Å². The van der Waals surface area contributed by atoms with Crippen LogP contribution in [0.15, 0.2) is 64.0 Å². The Hall–Kier alpha value is -4.49. The average Bonchev–Trinajstić information content (AvgIpc) is 3.49. The number of hydrogen-bond donors (Lipinski definition) is 1. The summed E-state index contributed by atoms with van der Waals surface area (Å²) in [6, 6.07) is 11.5. The summed E-state index contributed by atoms with van der Waals surface area (Å²) in [6.07, 6.45) is 2.83. The number of aliphatic hydroxyl groups is 1. The summed E-state index contributed by atoms with van der Waals surface area (Å²) < 4.78 is 91.4. The number of rotatable bonds is 8. The third-order valence-electron chi connectivity index (χ3n) is 6.69. The van der Waals surface area contributed by atoms with Gasteiger partial charge in [0, 0.05) is 30.5 Å². The Bertz CT molecular complexity index is 1950. The van der Waals surface area contributed by atoms with Crippen molar-refractivity contribution in [3.05, 3.63) is 89.3 Å². The van der Waals surface area contributed by atoms with Crippen LogP contribution in [-0.2, 0) is 16.4 Å². The number of ether oxygens (including phenoxy) is 1. The van der Waals surface area contributed by atoms with Crippen molar-refractivity contribution >= 4 is 9.84 Å². The van der Waals surface area contributed by atoms with Gasteiger partial charge >= 0.3 is 6.61 Å². The largest absolute Gasteiger partial charge is 0.440 e. The standard InChI is InChI=1S/C30H25F4N3O5S/c1-15-13-37(16(2)35-15)25-8-7-18(19-5-6-20(14-38)26(12-19)43(4,39)40)9-22(25)27-28(41-17(3)36-27)21-10-23(31)29(24(32)11-21)42-30(33)34/h5-13,30,38H,14H2,1-4H3. The molecule has 13 heteroatoms. The number of aliphatic hydroxyl groups excluding tert-OH is 1. The van der Waals surface area contributed by atoms with E-state index in [0.29, 0.717) is 28.2 Å². The van der Waals surface area contributed by atoms with Crippen molar-refractivity contribution in [2.24, 2.45) is 0 Å². The van der Waals surface area contributed by atoms with E-state index < -0.39 is 40.4 Å². The fourth-order valence-electron chi connectivity index (χ4n) is 4.89. The van der Waals surface area contributed by atoms with Crippen molar-refractivity contribution in [3.8, 4) is 45.1 Å². The fourth-order valence-corrected chi connectivity index (χ4v) is 5.84. The van der Waals surface area contributed by atoms with Crippen LogP contribution in [0, 0.1) is 32.4 Å². The molecule has 0 unspecified atom stereocenters. The molecule has 0 saturated heterocycles. The maximum atomic E-state index is 14.7. The lowest BCUT2D eigenvalue weighted by molar-refractivity contribution is -0.0546. The molecule has 1 N–H and O–H groups in total. The second kappa shape index (κ2) is 11.3. The Morgan fingerprint density at radius 1 is 0.953 bits per heavy atom. The number of oxazole rings is 1. The summed E-state index contributed by atoms with van der Waals surface area (Å²) in [5, 5.41) is 9.68. The zero-order valence-corrected chi connectivity index (χ0v) is 24.1. The molecule has 0 bridgehead atoms. The van der Waals surface area contributed by atoms with E-state index in [1.54, 1.807) is 42.0 Å². The molecule has 2 aromatic heterocycles. The van der Waals surface area contributed by atoms with Crippen molar-refractivity contribution < 1.29 is 40.2 Å². The molecule has 8 nitrogen and oxygen atoms in total. The number of aromatic nitrogens is 3. The number of benzene rings is 3. The predicted octanol–water partition coefficient (Wildman–Crippen LogP) is 6.56. The summed E-state index contributed by atoms with van der Waals surface area (Å²) in [5.74, 6) is -3.20. The van der Waals surface area contributed by atoms with E-state index in [2.05, 4.69) is 14.7 Å². The molecular formula is C30H25F4N3O5S. The van der Waals surface area contributed by atoms with Gasteiger partial charge in [-0.2, -0.15) is 8.78 Å². The lowest BCUT2D eigenvalue weighted by Crippen LogP contribution is -2.06. The second-order valence-corrected chi connectivity index (χ2v) is 11.8. The van der Waals surface area contributed by atoms with E-state index in [0.717, 1.165) is 24.1 Å². The van der Waals surface area contributed by atoms with Crippen LogP contribution in [0.2, 0.25) is 0 Å². The van der Waals surface area contributed by atoms with Gasteiger partial charge in [-0.15, -0.1) is 0 Å². The van der Waals surface area contributed by atoms with Crippen LogP contribution >= 0.6 is 0 Å². The number of halogens is 4. The van der Waals surface area contributed by atoms with Crippen LogP contribution in [-0.4, -0.2) is 40.9 Å². The highest BCUT2D eigenvalue weighted by Crippen LogP contribution is 2.40. The summed E-state index contributed by atoms with van der Waals surface area (Å²) in [6.45, 7) is 1.24. The molecule has 2 heterocycles. The first-order valence-electron chi connectivity index (χ1n) is 12.8. The first-order chi connectivity index (χ1) is 20.3. The van der Waals surface area contributed by atoms with Crippen LogP contribution in [0.4, 0.5) is 17.6 Å². The van der Waals surface area contributed by atoms with Crippen molar-refractivity contribution in [1.29, 1.82) is 0 Å². The van der Waals surface area contributed by atoms with Crippen molar-refractivity contribution in [1.82, 2.24) is 14.5 Å². The smallest absolute Gasteiger partial charge is 0.387 e. The molecule has 0 amide bonds. The van der Waals surface area contributed by atoms with E-state index in [-0.39, 0.29) is 33.4 Å². The molecule has 5 aromatic rings. The number of aryl methyl sites for hydroxylation is 3. The maximum Gasteiger partial charge on any atom is 0.387 e. The monoisotopic (exact) mass is 615 g/mol. The Kier molecular flexibility index (Phi) is 7.88. The van der Waals surface area contributed by atoms with Crippen LogP contribution in [0.3, 0.4) is 0 Å². The zero-order valence-electron chi connectivity index (χ0n) is 23.3. The Morgan fingerprint density at radius 3 is 2.19 bits per heavy atom. The first kappa shape index (κ1) is 30.0. The fraction of sp³-hybridized carbons (Fsp3) is 0.200. The molecule has 0 spiro atoms. The third-order valence-corrected chi connectivity index (χ3v) is 7.86. The Balaban J connectivity index is 1.76. The van der Waals surface area contributed by atoms with Gasteiger partial charge in [-0.05, 0) is 60.9 Å². The van der Waals surface area contributed by atoms with Gasteiger partial charge in [0.15, 0.2) is 38.9 Å². The molecule has 43 heavy (non-hydrogen) atoms. The minimum atomic E-state index is -3.68. The Morgan fingerprint density at radius 2 is 1.60 bits per heavy atom. The van der Waals surface area contributed by atoms with Gasteiger partial charge in [0.1, 0.15) is 11.5 Å². The number of sulfone groups is 1. The zero-order chi connectivity index (χ0) is 31.2. The van der Waals surface area contributed by atoms with E-state index in [4.69, 9.17) is 4.42 Å². The SMILES string of the molecule is Cc1cn(-c2ccc(-c3ccc(CO)c(S(C)(=O)=O)c3)cc2-c2nc(C)oc2-c2cc(F)c(OC(F)F)c(F)c2)c(C)n1. The molecule has 0 aliphatic carbocycles. The topological polar surface area (TPSA) is 107 Å². The van der Waals surface area contributed by atoms with Crippen molar-refractivity contribution in [2.45, 2.75) is 38.9 Å². The lowest BCUT2D eigenvalue weighted by Gasteiger charge is -2.15. The van der Waals surface area contributed by atoms with Crippen LogP contribution in [0.25, 0.3) is 39.4 Å². The normalized spacial score (nSPS) is 11.9. The number of hydrogen-bond acceptors (Lipinski definition) is 7. The van der Waals surface area contributed by atoms with Crippen LogP contribution < -0.4 is 4.74 Å². The molecule has 0 atom stereocenters. The highest BCUT2D eigenvalue weighted by Gasteiger charge is 2.25. The summed E-state index contributed by atoms with van der Waals surface area (Å²) in [7, 11) is -3.68. The Labute approximate surface area is 244 Å². The molecule has 0 fully saturated rings. The molecule has 5 rings (SSSR count). The van der Waals surface area contributed by atoms with Gasteiger partial charge in [-0.25, -0.2) is 27.2 Å². The van der Waals surface area contributed by atoms with Crippen LogP contribution in [0.1, 0.15) is 23.0 Å². The third kappa shape index (κ3) is 5.90. The van der Waals surface area contributed by atoms with E-state index in [1.807, 2.05) is 6.92 Å². The quantitative estimate of drug-likeness (QED) is 0.197. The molecular weight excluding hydrogens is 590 g/mol. The molecule has 3 aromatic carbocycles. The van der Waals surface area contributed by atoms with Crippen LogP contribution in [0.5, 0.6) is 5.75 Å². The van der Waals surface area contributed by atoms with Gasteiger partial charge < -0.3 is 18.8 Å². The van der Waals surface area contributed by atoms with Gasteiger partial charge in [-0.3, -0.25) is 0 Å². The van der Waals surface area contributed by atoms with Gasteiger partial charge in [0.05, 0.1) is 22.9 Å². The van der Waals surface area contributed by atoms with E-state index in [9.17, 15) is 31.1 Å². The van der Waals surface area contributed by atoms with Crippen molar-refractivity contribution in [2.75, 3.05) is 6.26 Å². The van der Waals surface area contributed by atoms with Gasteiger partial charge in [-0.1, -0.05) is 18.2 Å². The number of imidazole rings is 1. The number of nitrogens with zero attached hydrogens (tertiary/aromatic N) is 3. The minimum absolute atomic E-state index is 0.0331.